The van der Waals surface area contributed by atoms with Gasteiger partial charge in [0.1, 0.15) is 5.54 Å². The summed E-state index contributed by atoms with van der Waals surface area (Å²) in [6.45, 7) is 4.00. The van der Waals surface area contributed by atoms with E-state index in [2.05, 4.69) is 10.3 Å². The summed E-state index contributed by atoms with van der Waals surface area (Å²) in [6.07, 6.45) is 2.41. The van der Waals surface area contributed by atoms with Crippen molar-refractivity contribution in [3.63, 3.8) is 0 Å². The van der Waals surface area contributed by atoms with Gasteiger partial charge in [0.15, 0.2) is 0 Å². The van der Waals surface area contributed by atoms with E-state index in [0.29, 0.717) is 38.3 Å². The molecule has 0 spiro atoms. The van der Waals surface area contributed by atoms with Crippen molar-refractivity contribution < 1.29 is 32.8 Å². The predicted octanol–water partition coefficient (Wildman–Crippen LogP) is 4.19. The molecule has 4 amide bonds. The van der Waals surface area contributed by atoms with E-state index in [0.717, 1.165) is 35.9 Å². The second-order valence-corrected chi connectivity index (χ2v) is 10.1. The number of hydrogen-bond donors (Lipinski definition) is 2. The molecule has 2 N–H and O–H groups in total. The van der Waals surface area contributed by atoms with Crippen LogP contribution in [0.25, 0.3) is 0 Å². The number of benzene rings is 1. The maximum absolute atomic E-state index is 13.4. The lowest BCUT2D eigenvalue weighted by Gasteiger charge is -2.27. The second kappa shape index (κ2) is 12.9. The summed E-state index contributed by atoms with van der Waals surface area (Å²) in [4.78, 5) is 39.3. The number of urea groups is 1. The number of halogens is 3. The highest BCUT2D eigenvalue weighted by Crippen LogP contribution is 2.37. The summed E-state index contributed by atoms with van der Waals surface area (Å²) >= 11 is 0. The molecule has 40 heavy (non-hydrogen) atoms. The third kappa shape index (κ3) is 7.15. The number of rotatable bonds is 13. The maximum atomic E-state index is 13.4. The Kier molecular flexibility index (Phi) is 9.86. The summed E-state index contributed by atoms with van der Waals surface area (Å²) < 4.78 is 42.0. The van der Waals surface area contributed by atoms with E-state index in [1.165, 1.54) is 17.0 Å². The van der Waals surface area contributed by atoms with Crippen LogP contribution in [0.4, 0.5) is 23.7 Å². The number of hydroxylamine groups is 1. The van der Waals surface area contributed by atoms with Crippen LogP contribution in [-0.2, 0) is 28.7 Å². The van der Waals surface area contributed by atoms with Gasteiger partial charge in [-0.25, -0.2) is 15.2 Å². The minimum atomic E-state index is -4.82. The zero-order chi connectivity index (χ0) is 29.5. The lowest BCUT2D eigenvalue weighted by molar-refractivity contribution is -0.137. The molecule has 1 fully saturated rings. The molecule has 1 aromatic carbocycles. The van der Waals surface area contributed by atoms with Crippen LogP contribution in [0.5, 0.6) is 0 Å². The Labute approximate surface area is 229 Å². The Bertz CT molecular complexity index is 1270. The van der Waals surface area contributed by atoms with Gasteiger partial charge in [-0.3, -0.25) is 19.5 Å². The fourth-order valence-corrected chi connectivity index (χ4v) is 4.55. The smallest absolute Gasteiger partial charge is 0.310 e. The molecule has 1 aliphatic heterocycles. The number of alkyl halides is 3. The first kappa shape index (κ1) is 30.6. The minimum absolute atomic E-state index is 0.221. The van der Waals surface area contributed by atoms with Crippen molar-refractivity contribution in [2.75, 3.05) is 11.4 Å². The average Bonchev–Trinajstić information content (AvgIpc) is 3.42. The number of imide groups is 1. The van der Waals surface area contributed by atoms with Crippen molar-refractivity contribution in [2.24, 2.45) is 0 Å². The second-order valence-electron chi connectivity index (χ2n) is 10.1. The lowest BCUT2D eigenvalue weighted by atomic mass is 10.0. The van der Waals surface area contributed by atoms with E-state index < -0.39 is 40.7 Å². The number of carbonyl (C=O) groups excluding carboxylic acids is 3. The number of carbonyl (C=O) groups is 3. The van der Waals surface area contributed by atoms with E-state index in [1.807, 2.05) is 6.20 Å². The molecule has 0 unspecified atom stereocenters. The summed E-state index contributed by atoms with van der Waals surface area (Å²) in [7, 11) is 0. The molecular formula is C26H32F3N7O4. The SMILES string of the molecule is CC1(C)C(=O)N(c2ccc(C#N)c(C(F)(F)F)c2)C(=O)N1CCCCc1cn(CCCCCCC(=O)NO)nn1. The monoisotopic (exact) mass is 563 g/mol. The predicted molar refractivity (Wildman–Crippen MR) is 136 cm³/mol. The van der Waals surface area contributed by atoms with Crippen LogP contribution in [0.2, 0.25) is 0 Å². The number of anilines is 1. The third-order valence-corrected chi connectivity index (χ3v) is 6.83. The lowest BCUT2D eigenvalue weighted by Crippen LogP contribution is -2.44. The van der Waals surface area contributed by atoms with Crippen molar-refractivity contribution in [3.05, 3.63) is 41.2 Å². The van der Waals surface area contributed by atoms with Crippen LogP contribution >= 0.6 is 0 Å². The molecular weight excluding hydrogens is 531 g/mol. The highest BCUT2D eigenvalue weighted by atomic mass is 19.4. The first-order chi connectivity index (χ1) is 18.9. The molecule has 0 atom stereocenters. The average molecular weight is 564 g/mol. The molecule has 2 heterocycles. The topological polar surface area (TPSA) is 144 Å². The number of unbranched alkanes of at least 4 members (excludes halogenated alkanes) is 4. The first-order valence-corrected chi connectivity index (χ1v) is 13.0. The van der Waals surface area contributed by atoms with Gasteiger partial charge in [-0.05, 0) is 64.2 Å². The summed E-state index contributed by atoms with van der Waals surface area (Å²) in [5, 5.41) is 25.8. The van der Waals surface area contributed by atoms with Gasteiger partial charge in [0.2, 0.25) is 5.91 Å². The van der Waals surface area contributed by atoms with E-state index in [4.69, 9.17) is 10.5 Å². The van der Waals surface area contributed by atoms with Crippen molar-refractivity contribution >= 4 is 23.5 Å². The molecule has 1 aromatic heterocycles. The fraction of sp³-hybridized carbons (Fsp3) is 0.538. The number of nitrogens with zero attached hydrogens (tertiary/aromatic N) is 6. The molecule has 0 bridgehead atoms. The molecule has 11 nitrogen and oxygen atoms in total. The van der Waals surface area contributed by atoms with Crippen molar-refractivity contribution in [3.8, 4) is 6.07 Å². The highest BCUT2D eigenvalue weighted by Gasteiger charge is 2.51. The number of aromatic nitrogens is 3. The quantitative estimate of drug-likeness (QED) is 0.161. The summed E-state index contributed by atoms with van der Waals surface area (Å²) in [5.41, 5.74) is -0.895. The summed E-state index contributed by atoms with van der Waals surface area (Å²) in [5.74, 6) is -1.04. The molecule has 2 aromatic rings. The fourth-order valence-electron chi connectivity index (χ4n) is 4.55. The Morgan fingerprint density at radius 2 is 1.80 bits per heavy atom. The molecule has 14 heteroatoms. The van der Waals surface area contributed by atoms with E-state index in [-0.39, 0.29) is 18.7 Å². The number of amides is 4. The molecule has 3 rings (SSSR count). The van der Waals surface area contributed by atoms with E-state index >= 15 is 0 Å². The minimum Gasteiger partial charge on any atom is -0.310 e. The molecule has 1 aliphatic rings. The highest BCUT2D eigenvalue weighted by molar-refractivity contribution is 6.23. The largest absolute Gasteiger partial charge is 0.417 e. The van der Waals surface area contributed by atoms with Crippen LogP contribution in [0.3, 0.4) is 0 Å². The molecule has 0 aliphatic carbocycles. The van der Waals surface area contributed by atoms with Gasteiger partial charge >= 0.3 is 12.2 Å². The third-order valence-electron chi connectivity index (χ3n) is 6.83. The molecule has 1 saturated heterocycles. The Morgan fingerprint density at radius 1 is 1.10 bits per heavy atom. The van der Waals surface area contributed by atoms with Crippen LogP contribution in [0, 0.1) is 11.3 Å². The number of hydrogen-bond acceptors (Lipinski definition) is 7. The van der Waals surface area contributed by atoms with Gasteiger partial charge in [-0.15, -0.1) is 5.10 Å². The van der Waals surface area contributed by atoms with Gasteiger partial charge in [0, 0.05) is 25.7 Å². The number of nitrogens with one attached hydrogen (secondary N) is 1. The van der Waals surface area contributed by atoms with Gasteiger partial charge < -0.3 is 4.90 Å². The van der Waals surface area contributed by atoms with Gasteiger partial charge in [0.05, 0.1) is 28.6 Å². The Hall–Kier alpha value is -3.99. The first-order valence-electron chi connectivity index (χ1n) is 13.0. The van der Waals surface area contributed by atoms with Crippen LogP contribution in [-0.4, -0.2) is 55.0 Å². The van der Waals surface area contributed by atoms with Crippen molar-refractivity contribution in [2.45, 2.75) is 83.5 Å². The van der Waals surface area contributed by atoms with Gasteiger partial charge in [0.25, 0.3) is 5.91 Å². The van der Waals surface area contributed by atoms with Crippen LogP contribution in [0.15, 0.2) is 24.4 Å². The van der Waals surface area contributed by atoms with Gasteiger partial charge in [-0.1, -0.05) is 18.1 Å². The summed E-state index contributed by atoms with van der Waals surface area (Å²) in [6, 6.07) is 3.57. The van der Waals surface area contributed by atoms with Crippen molar-refractivity contribution in [1.29, 1.82) is 5.26 Å². The van der Waals surface area contributed by atoms with Crippen LogP contribution in [0.1, 0.15) is 75.6 Å². The standard InChI is InChI=1S/C26H32F3N7O4/c1-25(2)23(38)36(20-12-11-18(16-30)21(15-20)26(27,28)29)24(39)35(25)14-8-6-9-19-17-34(33-31-19)13-7-4-3-5-10-22(37)32-40/h11-12,15,17,40H,3-10,13-14H2,1-2H3,(H,32,37). The normalized spacial score (nSPS) is 15.0. The van der Waals surface area contributed by atoms with Crippen LogP contribution < -0.4 is 10.4 Å². The number of aryl methyl sites for hydroxylation is 2. The zero-order valence-electron chi connectivity index (χ0n) is 22.4. The van der Waals surface area contributed by atoms with Crippen molar-refractivity contribution in [1.82, 2.24) is 25.4 Å². The van der Waals surface area contributed by atoms with Gasteiger partial charge in [-0.2, -0.15) is 18.4 Å². The Morgan fingerprint density at radius 3 is 2.48 bits per heavy atom. The molecule has 0 radical (unpaired) electrons. The molecule has 216 valence electrons. The van der Waals surface area contributed by atoms with E-state index in [1.54, 1.807) is 24.0 Å². The maximum Gasteiger partial charge on any atom is 0.417 e. The Balaban J connectivity index is 1.51. The number of nitriles is 1. The zero-order valence-corrected chi connectivity index (χ0v) is 22.4. The van der Waals surface area contributed by atoms with E-state index in [9.17, 15) is 27.6 Å². The molecule has 0 saturated carbocycles.